The first-order chi connectivity index (χ1) is 8.34. The molecule has 0 atom stereocenters. The fraction of sp³-hybridized carbons (Fsp3) is 0.429. The number of aryl methyl sites for hydroxylation is 1. The first kappa shape index (κ1) is 11.8. The summed E-state index contributed by atoms with van der Waals surface area (Å²) in [5.41, 5.74) is 2.55. The molecule has 1 aliphatic rings. The van der Waals surface area contributed by atoms with Crippen LogP contribution in [0, 0.1) is 6.92 Å². The van der Waals surface area contributed by atoms with Crippen molar-refractivity contribution < 1.29 is 0 Å². The van der Waals surface area contributed by atoms with Crippen LogP contribution in [0.5, 0.6) is 0 Å². The van der Waals surface area contributed by atoms with E-state index in [1.54, 1.807) is 0 Å². The zero-order valence-corrected chi connectivity index (χ0v) is 10.3. The van der Waals surface area contributed by atoms with Crippen LogP contribution in [-0.4, -0.2) is 16.5 Å². The third-order valence-electron chi connectivity index (χ3n) is 2.78. The fourth-order valence-electron chi connectivity index (χ4n) is 1.83. The van der Waals surface area contributed by atoms with Gasteiger partial charge < -0.3 is 5.32 Å². The molecule has 0 unspecified atom stereocenters. The minimum absolute atomic E-state index is 0.726. The second-order valence-electron chi connectivity index (χ2n) is 4.37. The summed E-state index contributed by atoms with van der Waals surface area (Å²) >= 11 is 0. The van der Waals surface area contributed by atoms with Gasteiger partial charge in [0.2, 0.25) is 5.95 Å². The van der Waals surface area contributed by atoms with Crippen LogP contribution < -0.4 is 5.32 Å². The molecule has 1 heterocycles. The lowest BCUT2D eigenvalue weighted by atomic mass is 10.0. The molecule has 1 aliphatic carbocycles. The minimum Gasteiger partial charge on any atom is -0.354 e. The maximum Gasteiger partial charge on any atom is 0.222 e. The number of anilines is 1. The van der Waals surface area contributed by atoms with E-state index in [0.29, 0.717) is 0 Å². The Morgan fingerprint density at radius 1 is 1.24 bits per heavy atom. The maximum absolute atomic E-state index is 4.21. The molecular weight excluding hydrogens is 210 g/mol. The van der Waals surface area contributed by atoms with Gasteiger partial charge in [-0.1, -0.05) is 23.8 Å². The highest BCUT2D eigenvalue weighted by molar-refractivity contribution is 5.25. The first-order valence-corrected chi connectivity index (χ1v) is 6.23. The number of rotatable bonds is 5. The van der Waals surface area contributed by atoms with Crippen LogP contribution in [0.3, 0.4) is 0 Å². The lowest BCUT2D eigenvalue weighted by Gasteiger charge is -2.07. The van der Waals surface area contributed by atoms with E-state index >= 15 is 0 Å². The summed E-state index contributed by atoms with van der Waals surface area (Å²) in [5.74, 6) is 0.726. The highest BCUT2D eigenvalue weighted by Crippen LogP contribution is 2.14. The van der Waals surface area contributed by atoms with E-state index in [-0.39, 0.29) is 0 Å². The normalized spacial score (nSPS) is 14.5. The van der Waals surface area contributed by atoms with E-state index in [1.165, 1.54) is 18.4 Å². The van der Waals surface area contributed by atoms with Gasteiger partial charge in [-0.25, -0.2) is 9.97 Å². The first-order valence-electron chi connectivity index (χ1n) is 6.23. The van der Waals surface area contributed by atoms with E-state index in [0.717, 1.165) is 30.9 Å². The van der Waals surface area contributed by atoms with Gasteiger partial charge in [0.15, 0.2) is 0 Å². The Morgan fingerprint density at radius 3 is 2.76 bits per heavy atom. The molecule has 0 saturated carbocycles. The summed E-state index contributed by atoms with van der Waals surface area (Å²) < 4.78 is 0. The minimum atomic E-state index is 0.726. The Morgan fingerprint density at radius 2 is 2.06 bits per heavy atom. The van der Waals surface area contributed by atoms with E-state index in [9.17, 15) is 0 Å². The van der Waals surface area contributed by atoms with E-state index < -0.39 is 0 Å². The number of hydrogen-bond acceptors (Lipinski definition) is 3. The highest BCUT2D eigenvalue weighted by Gasteiger charge is 1.98. The molecule has 1 N–H and O–H groups in total. The molecule has 90 valence electrons. The smallest absolute Gasteiger partial charge is 0.222 e. The molecule has 0 bridgehead atoms. The molecule has 2 rings (SSSR count). The molecule has 0 saturated heterocycles. The molecule has 0 aliphatic heterocycles. The Labute approximate surface area is 103 Å². The SMILES string of the molecule is Cc1cnc(NCCCC2=CCCC=C2)nc1. The average Bonchev–Trinajstić information content (AvgIpc) is 2.38. The molecule has 0 amide bonds. The maximum atomic E-state index is 4.21. The molecular formula is C14H19N3. The van der Waals surface area contributed by atoms with Crippen molar-refractivity contribution in [1.29, 1.82) is 0 Å². The van der Waals surface area contributed by atoms with Crippen LogP contribution in [0.4, 0.5) is 5.95 Å². The summed E-state index contributed by atoms with van der Waals surface area (Å²) in [6.45, 7) is 2.92. The van der Waals surface area contributed by atoms with Crippen molar-refractivity contribution in [2.45, 2.75) is 32.6 Å². The molecule has 1 aromatic rings. The zero-order valence-electron chi connectivity index (χ0n) is 10.3. The molecule has 17 heavy (non-hydrogen) atoms. The quantitative estimate of drug-likeness (QED) is 0.787. The van der Waals surface area contributed by atoms with Gasteiger partial charge >= 0.3 is 0 Å². The van der Waals surface area contributed by atoms with Crippen molar-refractivity contribution in [3.63, 3.8) is 0 Å². The standard InChI is InChI=1S/C14H19N3/c1-12-10-16-14(17-11-12)15-9-5-8-13-6-3-2-4-7-13/h3,6-7,10-11H,2,4-5,8-9H2,1H3,(H,15,16,17). The summed E-state index contributed by atoms with van der Waals surface area (Å²) in [6.07, 6.45) is 15.1. The Kier molecular flexibility index (Phi) is 4.30. The molecule has 0 aromatic carbocycles. The van der Waals surface area contributed by atoms with Crippen molar-refractivity contribution in [1.82, 2.24) is 9.97 Å². The predicted octanol–water partition coefficient (Wildman–Crippen LogP) is 3.25. The van der Waals surface area contributed by atoms with Crippen LogP contribution in [-0.2, 0) is 0 Å². The summed E-state index contributed by atoms with van der Waals surface area (Å²) in [7, 11) is 0. The number of nitrogens with zero attached hydrogens (tertiary/aromatic N) is 2. The topological polar surface area (TPSA) is 37.8 Å². The van der Waals surface area contributed by atoms with Gasteiger partial charge in [-0.2, -0.15) is 0 Å². The largest absolute Gasteiger partial charge is 0.354 e. The van der Waals surface area contributed by atoms with Crippen LogP contribution in [0.25, 0.3) is 0 Å². The van der Waals surface area contributed by atoms with Crippen molar-refractivity contribution in [3.8, 4) is 0 Å². The van der Waals surface area contributed by atoms with E-state index in [2.05, 4.69) is 33.5 Å². The van der Waals surface area contributed by atoms with Crippen LogP contribution >= 0.6 is 0 Å². The fourth-order valence-corrected chi connectivity index (χ4v) is 1.83. The average molecular weight is 229 g/mol. The lowest BCUT2D eigenvalue weighted by molar-refractivity contribution is 0.840. The number of allylic oxidation sites excluding steroid dienone is 4. The molecule has 3 nitrogen and oxygen atoms in total. The van der Waals surface area contributed by atoms with Crippen molar-refractivity contribution >= 4 is 5.95 Å². The third kappa shape index (κ3) is 4.02. The van der Waals surface area contributed by atoms with Crippen LogP contribution in [0.2, 0.25) is 0 Å². The van der Waals surface area contributed by atoms with Crippen molar-refractivity contribution in [3.05, 3.63) is 41.8 Å². The van der Waals surface area contributed by atoms with Crippen molar-refractivity contribution in [2.24, 2.45) is 0 Å². The summed E-state index contributed by atoms with van der Waals surface area (Å²) in [5, 5.41) is 3.24. The van der Waals surface area contributed by atoms with E-state index in [1.807, 2.05) is 19.3 Å². The summed E-state index contributed by atoms with van der Waals surface area (Å²) in [6, 6.07) is 0. The van der Waals surface area contributed by atoms with E-state index in [4.69, 9.17) is 0 Å². The van der Waals surface area contributed by atoms with Crippen LogP contribution in [0.1, 0.15) is 31.2 Å². The van der Waals surface area contributed by atoms with Gasteiger partial charge in [0.1, 0.15) is 0 Å². The predicted molar refractivity (Wildman–Crippen MR) is 70.9 cm³/mol. The monoisotopic (exact) mass is 229 g/mol. The van der Waals surface area contributed by atoms with Gasteiger partial charge in [0.05, 0.1) is 0 Å². The summed E-state index contributed by atoms with van der Waals surface area (Å²) in [4.78, 5) is 8.42. The highest BCUT2D eigenvalue weighted by atomic mass is 15.1. The lowest BCUT2D eigenvalue weighted by Crippen LogP contribution is -2.05. The Balaban J connectivity index is 1.67. The second kappa shape index (κ2) is 6.18. The molecule has 1 aromatic heterocycles. The van der Waals surface area contributed by atoms with Gasteiger partial charge in [-0.15, -0.1) is 0 Å². The Bertz CT molecular complexity index is 404. The number of aromatic nitrogens is 2. The van der Waals surface area contributed by atoms with Gasteiger partial charge in [0.25, 0.3) is 0 Å². The number of hydrogen-bond donors (Lipinski definition) is 1. The molecule has 0 radical (unpaired) electrons. The number of nitrogens with one attached hydrogen (secondary N) is 1. The van der Waals surface area contributed by atoms with Gasteiger partial charge in [-0.3, -0.25) is 0 Å². The third-order valence-corrected chi connectivity index (χ3v) is 2.78. The Hall–Kier alpha value is -1.64. The second-order valence-corrected chi connectivity index (χ2v) is 4.37. The van der Waals surface area contributed by atoms with Gasteiger partial charge in [0, 0.05) is 18.9 Å². The molecule has 0 spiro atoms. The molecule has 3 heteroatoms. The van der Waals surface area contributed by atoms with Crippen molar-refractivity contribution in [2.75, 3.05) is 11.9 Å². The van der Waals surface area contributed by atoms with Gasteiger partial charge in [-0.05, 0) is 38.2 Å². The zero-order chi connectivity index (χ0) is 11.9. The molecule has 0 fully saturated rings. The van der Waals surface area contributed by atoms with Crippen LogP contribution in [0.15, 0.2) is 36.2 Å².